The summed E-state index contributed by atoms with van der Waals surface area (Å²) in [6, 6.07) is 11.9. The third-order valence-corrected chi connectivity index (χ3v) is 4.67. The zero-order chi connectivity index (χ0) is 18.4. The first-order valence-corrected chi connectivity index (χ1v) is 8.14. The van der Waals surface area contributed by atoms with Gasteiger partial charge >= 0.3 is 6.18 Å². The summed E-state index contributed by atoms with van der Waals surface area (Å²) in [4.78, 5) is 16.5. The van der Waals surface area contributed by atoms with Crippen LogP contribution >= 0.6 is 0 Å². The molecule has 4 rings (SSSR count). The van der Waals surface area contributed by atoms with Crippen molar-refractivity contribution in [3.05, 3.63) is 54.2 Å². The van der Waals surface area contributed by atoms with Gasteiger partial charge in [-0.1, -0.05) is 18.2 Å². The Morgan fingerprint density at radius 3 is 2.54 bits per heavy atom. The molecule has 0 bridgehead atoms. The third kappa shape index (κ3) is 2.91. The van der Waals surface area contributed by atoms with Crippen LogP contribution in [0.4, 0.5) is 19.0 Å². The molecule has 2 heterocycles. The van der Waals surface area contributed by atoms with E-state index in [1.54, 1.807) is 42.5 Å². The van der Waals surface area contributed by atoms with Gasteiger partial charge in [0.25, 0.3) is 5.91 Å². The number of alkyl halides is 3. The lowest BCUT2D eigenvalue weighted by molar-refractivity contribution is -0.191. The van der Waals surface area contributed by atoms with Gasteiger partial charge in [0, 0.05) is 10.9 Å². The topological polar surface area (TPSA) is 59.8 Å². The van der Waals surface area contributed by atoms with Crippen molar-refractivity contribution in [2.45, 2.75) is 25.6 Å². The minimum atomic E-state index is -4.26. The highest BCUT2D eigenvalue weighted by molar-refractivity contribution is 6.04. The second kappa shape index (κ2) is 5.82. The van der Waals surface area contributed by atoms with Gasteiger partial charge in [-0.3, -0.25) is 4.79 Å². The second-order valence-electron chi connectivity index (χ2n) is 6.51. The lowest BCUT2D eigenvalue weighted by Gasteiger charge is -2.19. The number of nitrogens with one attached hydrogen (secondary N) is 1. The summed E-state index contributed by atoms with van der Waals surface area (Å²) in [6.45, 7) is -0.261. The van der Waals surface area contributed by atoms with Gasteiger partial charge in [0.15, 0.2) is 5.65 Å². The Morgan fingerprint density at radius 2 is 1.88 bits per heavy atom. The molecule has 3 aromatic rings. The number of amides is 1. The number of nitrogens with zero attached hydrogens (tertiary/aromatic N) is 3. The first-order valence-electron chi connectivity index (χ1n) is 8.14. The summed E-state index contributed by atoms with van der Waals surface area (Å²) >= 11 is 0. The van der Waals surface area contributed by atoms with Crippen LogP contribution < -0.4 is 5.32 Å². The number of carbonyl (C=O) groups is 1. The minimum Gasteiger partial charge on any atom is -0.306 e. The number of rotatable bonds is 4. The summed E-state index contributed by atoms with van der Waals surface area (Å²) in [5.41, 5.74) is -0.917. The summed E-state index contributed by atoms with van der Waals surface area (Å²) < 4.78 is 40.9. The van der Waals surface area contributed by atoms with E-state index in [-0.39, 0.29) is 31.1 Å². The summed E-state index contributed by atoms with van der Waals surface area (Å²) in [6.07, 6.45) is -2.58. The highest BCUT2D eigenvalue weighted by atomic mass is 19.4. The molecule has 1 amide bonds. The maximum Gasteiger partial charge on any atom is 0.396 e. The van der Waals surface area contributed by atoms with Crippen molar-refractivity contribution in [3.8, 4) is 0 Å². The van der Waals surface area contributed by atoms with Gasteiger partial charge in [-0.15, -0.1) is 0 Å². The van der Waals surface area contributed by atoms with E-state index in [0.717, 1.165) is 0 Å². The molecule has 1 aliphatic rings. The van der Waals surface area contributed by atoms with Gasteiger partial charge in [-0.25, -0.2) is 9.67 Å². The molecule has 1 saturated carbocycles. The van der Waals surface area contributed by atoms with Crippen LogP contribution in [0.15, 0.2) is 48.7 Å². The average molecular weight is 360 g/mol. The molecule has 8 heteroatoms. The smallest absolute Gasteiger partial charge is 0.306 e. The largest absolute Gasteiger partial charge is 0.396 e. The van der Waals surface area contributed by atoms with Crippen molar-refractivity contribution in [1.29, 1.82) is 0 Å². The van der Waals surface area contributed by atoms with Crippen LogP contribution in [-0.2, 0) is 6.54 Å². The van der Waals surface area contributed by atoms with Crippen molar-refractivity contribution in [3.63, 3.8) is 0 Å². The fourth-order valence-electron chi connectivity index (χ4n) is 2.89. The maximum atomic E-state index is 13.2. The van der Waals surface area contributed by atoms with Crippen LogP contribution in [0.3, 0.4) is 0 Å². The zero-order valence-electron chi connectivity index (χ0n) is 13.6. The molecule has 1 N–H and O–H groups in total. The molecule has 1 aliphatic carbocycles. The molecule has 0 spiro atoms. The predicted octanol–water partition coefficient (Wildman–Crippen LogP) is 4.03. The Balaban J connectivity index is 1.60. The highest BCUT2D eigenvalue weighted by Gasteiger charge is 2.63. The van der Waals surface area contributed by atoms with Gasteiger partial charge in [-0.2, -0.15) is 18.3 Å². The van der Waals surface area contributed by atoms with E-state index in [4.69, 9.17) is 0 Å². The van der Waals surface area contributed by atoms with Crippen LogP contribution in [-0.4, -0.2) is 26.8 Å². The number of halogens is 3. The highest BCUT2D eigenvalue weighted by Crippen LogP contribution is 2.58. The predicted molar refractivity (Wildman–Crippen MR) is 89.6 cm³/mol. The van der Waals surface area contributed by atoms with Crippen LogP contribution in [0.2, 0.25) is 0 Å². The number of hydrogen-bond donors (Lipinski definition) is 1. The standard InChI is InChI=1S/C18H15F3N4O/c19-18(20,21)17(8-9-17)11-25-15-13(10-22-25)6-7-14(23-15)24-16(26)12-4-2-1-3-5-12/h1-7,10H,8-9,11H2,(H,23,24,26). The van der Waals surface area contributed by atoms with Gasteiger partial charge in [-0.05, 0) is 37.1 Å². The SMILES string of the molecule is O=C(Nc1ccc2cnn(CC3(C(F)(F)F)CC3)c2n1)c1ccccc1. The Kier molecular flexibility index (Phi) is 3.71. The molecule has 0 unspecified atom stereocenters. The van der Waals surface area contributed by atoms with Crippen molar-refractivity contribution < 1.29 is 18.0 Å². The van der Waals surface area contributed by atoms with Gasteiger partial charge < -0.3 is 5.32 Å². The fraction of sp³-hybridized carbons (Fsp3) is 0.278. The summed E-state index contributed by atoms with van der Waals surface area (Å²) in [5.74, 6) is -0.0672. The Bertz CT molecular complexity index is 961. The number of fused-ring (bicyclic) bond motifs is 1. The molecule has 0 aliphatic heterocycles. The average Bonchev–Trinajstić information content (AvgIpc) is 3.31. The Morgan fingerprint density at radius 1 is 1.15 bits per heavy atom. The second-order valence-corrected chi connectivity index (χ2v) is 6.51. The normalized spacial score (nSPS) is 15.8. The molecule has 0 saturated heterocycles. The molecule has 1 fully saturated rings. The first-order chi connectivity index (χ1) is 12.4. The molecule has 134 valence electrons. The van der Waals surface area contributed by atoms with E-state index in [9.17, 15) is 18.0 Å². The molecule has 0 atom stereocenters. The summed E-state index contributed by atoms with van der Waals surface area (Å²) in [7, 11) is 0. The molecular formula is C18H15F3N4O. The van der Waals surface area contributed by atoms with E-state index in [1.807, 2.05) is 0 Å². The van der Waals surface area contributed by atoms with Gasteiger partial charge in [0.2, 0.25) is 0 Å². The molecule has 5 nitrogen and oxygen atoms in total. The van der Waals surface area contributed by atoms with Crippen molar-refractivity contribution in [2.75, 3.05) is 5.32 Å². The number of hydrogen-bond acceptors (Lipinski definition) is 3. The van der Waals surface area contributed by atoms with Crippen LogP contribution in [0.25, 0.3) is 11.0 Å². The van der Waals surface area contributed by atoms with Crippen LogP contribution in [0.1, 0.15) is 23.2 Å². The maximum absolute atomic E-state index is 13.2. The molecular weight excluding hydrogens is 345 g/mol. The molecule has 1 aromatic carbocycles. The molecule has 26 heavy (non-hydrogen) atoms. The lowest BCUT2D eigenvalue weighted by atomic mass is 10.1. The van der Waals surface area contributed by atoms with Gasteiger partial charge in [0.05, 0.1) is 18.2 Å². The molecule has 2 aromatic heterocycles. The van der Waals surface area contributed by atoms with Crippen molar-refractivity contribution in [2.24, 2.45) is 5.41 Å². The fourth-order valence-corrected chi connectivity index (χ4v) is 2.89. The van der Waals surface area contributed by atoms with Crippen molar-refractivity contribution in [1.82, 2.24) is 14.8 Å². The number of aromatic nitrogens is 3. The number of anilines is 1. The zero-order valence-corrected chi connectivity index (χ0v) is 13.6. The molecule has 0 radical (unpaired) electrons. The van der Waals surface area contributed by atoms with E-state index in [1.165, 1.54) is 10.9 Å². The number of benzene rings is 1. The van der Waals surface area contributed by atoms with Crippen molar-refractivity contribution >= 4 is 22.8 Å². The lowest BCUT2D eigenvalue weighted by Crippen LogP contribution is -2.29. The summed E-state index contributed by atoms with van der Waals surface area (Å²) in [5, 5.41) is 7.34. The first kappa shape index (κ1) is 16.6. The quantitative estimate of drug-likeness (QED) is 0.764. The Labute approximate surface area is 146 Å². The van der Waals surface area contributed by atoms with E-state index in [0.29, 0.717) is 16.6 Å². The monoisotopic (exact) mass is 360 g/mol. The van der Waals surface area contributed by atoms with Gasteiger partial charge in [0.1, 0.15) is 5.82 Å². The third-order valence-electron chi connectivity index (χ3n) is 4.67. The number of pyridine rings is 1. The van der Waals surface area contributed by atoms with Crippen LogP contribution in [0.5, 0.6) is 0 Å². The van der Waals surface area contributed by atoms with E-state index in [2.05, 4.69) is 15.4 Å². The van der Waals surface area contributed by atoms with Crippen LogP contribution in [0, 0.1) is 5.41 Å². The Hall–Kier alpha value is -2.90. The van der Waals surface area contributed by atoms with E-state index >= 15 is 0 Å². The minimum absolute atomic E-state index is 0.0995. The number of carbonyl (C=O) groups excluding carboxylic acids is 1. The van der Waals surface area contributed by atoms with E-state index < -0.39 is 11.6 Å².